The fraction of sp³-hybridized carbons (Fsp3) is 0.786. The molecule has 0 aliphatic heterocycles. The lowest BCUT2D eigenvalue weighted by Gasteiger charge is -2.25. The molecule has 1 N–H and O–H groups in total. The summed E-state index contributed by atoms with van der Waals surface area (Å²) in [5, 5.41) is 2.94. The van der Waals surface area contributed by atoms with E-state index < -0.39 is 0 Å². The van der Waals surface area contributed by atoms with Crippen LogP contribution in [-0.2, 0) is 4.79 Å². The van der Waals surface area contributed by atoms with Gasteiger partial charge in [0.25, 0.3) is 0 Å². The summed E-state index contributed by atoms with van der Waals surface area (Å²) < 4.78 is 0. The molecule has 102 valence electrons. The second kappa shape index (κ2) is 10.2. The lowest BCUT2D eigenvalue weighted by Crippen LogP contribution is -2.39. The lowest BCUT2D eigenvalue weighted by molar-refractivity contribution is -0.126. The van der Waals surface area contributed by atoms with E-state index in [2.05, 4.69) is 11.9 Å². The zero-order valence-electron chi connectivity index (χ0n) is 12.6. The Bertz CT molecular complexity index is 224. The predicted octanol–water partition coefficient (Wildman–Crippen LogP) is 3.03. The van der Waals surface area contributed by atoms with Crippen molar-refractivity contribution in [1.82, 2.24) is 10.2 Å². The third-order valence-corrected chi connectivity index (χ3v) is 2.44. The summed E-state index contributed by atoms with van der Waals surface area (Å²) in [6.45, 7) is 16.5. The van der Waals surface area contributed by atoms with E-state index in [-0.39, 0.29) is 17.9 Å². The number of rotatable bonds is 6. The van der Waals surface area contributed by atoms with E-state index in [0.717, 1.165) is 18.7 Å². The first-order valence-corrected chi connectivity index (χ1v) is 6.55. The summed E-state index contributed by atoms with van der Waals surface area (Å²) in [7, 11) is 1.97. The molecule has 3 heteroatoms. The van der Waals surface area contributed by atoms with Crippen LogP contribution < -0.4 is 5.32 Å². The largest absolute Gasteiger partial charge is 0.378 e. The van der Waals surface area contributed by atoms with Gasteiger partial charge in [0.05, 0.1) is 5.92 Å². The van der Waals surface area contributed by atoms with Crippen molar-refractivity contribution in [3.05, 3.63) is 12.3 Å². The average Bonchev–Trinajstić information content (AvgIpc) is 2.26. The predicted molar refractivity (Wildman–Crippen MR) is 75.9 cm³/mol. The maximum Gasteiger partial charge on any atom is 0.225 e. The highest BCUT2D eigenvalue weighted by atomic mass is 16.1. The van der Waals surface area contributed by atoms with E-state index in [0.29, 0.717) is 0 Å². The van der Waals surface area contributed by atoms with Gasteiger partial charge in [0, 0.05) is 25.3 Å². The van der Waals surface area contributed by atoms with Gasteiger partial charge in [-0.3, -0.25) is 4.79 Å². The Morgan fingerprint density at radius 3 is 2.12 bits per heavy atom. The molecular weight excluding hydrogens is 212 g/mol. The molecule has 0 fully saturated rings. The average molecular weight is 242 g/mol. The highest BCUT2D eigenvalue weighted by Gasteiger charge is 2.18. The minimum Gasteiger partial charge on any atom is -0.378 e. The van der Waals surface area contributed by atoms with Gasteiger partial charge in [-0.25, -0.2) is 0 Å². The molecule has 17 heavy (non-hydrogen) atoms. The molecule has 0 spiro atoms. The summed E-state index contributed by atoms with van der Waals surface area (Å²) in [5.74, 6) is 0.190. The van der Waals surface area contributed by atoms with Crippen LogP contribution in [0.1, 0.15) is 48.0 Å². The number of hydrogen-bond donors (Lipinski definition) is 1. The van der Waals surface area contributed by atoms with Crippen molar-refractivity contribution < 1.29 is 4.79 Å². The molecule has 0 heterocycles. The van der Waals surface area contributed by atoms with Crippen LogP contribution in [0.15, 0.2) is 12.3 Å². The van der Waals surface area contributed by atoms with E-state index in [4.69, 9.17) is 0 Å². The Hall–Kier alpha value is -0.990. The molecule has 1 unspecified atom stereocenters. The molecule has 0 saturated carbocycles. The molecule has 0 aliphatic rings. The molecule has 0 aromatic carbocycles. The van der Waals surface area contributed by atoms with Crippen molar-refractivity contribution in [1.29, 1.82) is 0 Å². The van der Waals surface area contributed by atoms with Gasteiger partial charge >= 0.3 is 0 Å². The van der Waals surface area contributed by atoms with E-state index in [1.54, 1.807) is 0 Å². The first-order chi connectivity index (χ1) is 7.88. The minimum atomic E-state index is 0.0501. The number of carbonyl (C=O) groups excluding carboxylic acids is 1. The van der Waals surface area contributed by atoms with Crippen molar-refractivity contribution in [2.24, 2.45) is 5.92 Å². The molecule has 0 saturated heterocycles. The number of carbonyl (C=O) groups is 1. The van der Waals surface area contributed by atoms with Gasteiger partial charge in [0.2, 0.25) is 5.91 Å². The Morgan fingerprint density at radius 2 is 1.82 bits per heavy atom. The first-order valence-electron chi connectivity index (χ1n) is 6.55. The van der Waals surface area contributed by atoms with E-state index >= 15 is 0 Å². The van der Waals surface area contributed by atoms with E-state index in [1.165, 1.54) is 0 Å². The Labute approximate surface area is 107 Å². The maximum atomic E-state index is 11.8. The Kier molecular flexibility index (Phi) is 11.0. The van der Waals surface area contributed by atoms with E-state index in [9.17, 15) is 4.79 Å². The SMILES string of the molecule is C=C(C)N(C)CC(CC)C(=O)NC(C)C.CC. The van der Waals surface area contributed by atoms with E-state index in [1.807, 2.05) is 53.5 Å². The number of nitrogens with one attached hydrogen (secondary N) is 1. The molecule has 0 rings (SSSR count). The van der Waals surface area contributed by atoms with Gasteiger partial charge in [-0.2, -0.15) is 0 Å². The van der Waals surface area contributed by atoms with Crippen molar-refractivity contribution in [2.75, 3.05) is 13.6 Å². The molecule has 0 radical (unpaired) electrons. The van der Waals surface area contributed by atoms with Gasteiger partial charge in [0.1, 0.15) is 0 Å². The van der Waals surface area contributed by atoms with Gasteiger partial charge in [-0.1, -0.05) is 27.4 Å². The van der Waals surface area contributed by atoms with Crippen LogP contribution in [0.5, 0.6) is 0 Å². The van der Waals surface area contributed by atoms with Crippen molar-refractivity contribution in [3.63, 3.8) is 0 Å². The number of hydrogen-bond acceptors (Lipinski definition) is 2. The normalized spacial score (nSPS) is 11.3. The molecule has 0 aromatic rings. The minimum absolute atomic E-state index is 0.0501. The molecule has 1 atom stereocenters. The van der Waals surface area contributed by atoms with Crippen LogP contribution >= 0.6 is 0 Å². The zero-order valence-corrected chi connectivity index (χ0v) is 12.6. The molecule has 0 aromatic heterocycles. The summed E-state index contributed by atoms with van der Waals surface area (Å²) in [6.07, 6.45) is 0.857. The van der Waals surface area contributed by atoms with Crippen LogP contribution in [-0.4, -0.2) is 30.4 Å². The fourth-order valence-corrected chi connectivity index (χ4v) is 1.29. The summed E-state index contributed by atoms with van der Waals surface area (Å²) in [5.41, 5.74) is 0.991. The zero-order chi connectivity index (χ0) is 14.0. The molecular formula is C14H30N2O. The second-order valence-electron chi connectivity index (χ2n) is 4.38. The molecule has 1 amide bonds. The summed E-state index contributed by atoms with van der Waals surface area (Å²) in [6, 6.07) is 0.210. The monoisotopic (exact) mass is 242 g/mol. The quantitative estimate of drug-likeness (QED) is 0.776. The van der Waals surface area contributed by atoms with Crippen LogP contribution in [0.4, 0.5) is 0 Å². The van der Waals surface area contributed by atoms with Crippen LogP contribution in [0, 0.1) is 5.92 Å². The third-order valence-electron chi connectivity index (χ3n) is 2.44. The Balaban J connectivity index is 0. The molecule has 0 aliphatic carbocycles. The topological polar surface area (TPSA) is 32.3 Å². The Morgan fingerprint density at radius 1 is 1.35 bits per heavy atom. The van der Waals surface area contributed by atoms with Crippen LogP contribution in [0.2, 0.25) is 0 Å². The van der Waals surface area contributed by atoms with Gasteiger partial charge < -0.3 is 10.2 Å². The maximum absolute atomic E-state index is 11.8. The third kappa shape index (κ3) is 8.78. The highest BCUT2D eigenvalue weighted by molar-refractivity contribution is 5.79. The molecule has 0 bridgehead atoms. The van der Waals surface area contributed by atoms with Crippen molar-refractivity contribution >= 4 is 5.91 Å². The number of amides is 1. The smallest absolute Gasteiger partial charge is 0.225 e. The number of nitrogens with zero attached hydrogens (tertiary/aromatic N) is 1. The molecule has 3 nitrogen and oxygen atoms in total. The second-order valence-corrected chi connectivity index (χ2v) is 4.38. The van der Waals surface area contributed by atoms with Crippen LogP contribution in [0.25, 0.3) is 0 Å². The van der Waals surface area contributed by atoms with Gasteiger partial charge in [0.15, 0.2) is 0 Å². The summed E-state index contributed by atoms with van der Waals surface area (Å²) in [4.78, 5) is 13.8. The first kappa shape index (κ1) is 18.4. The summed E-state index contributed by atoms with van der Waals surface area (Å²) >= 11 is 0. The van der Waals surface area contributed by atoms with Crippen molar-refractivity contribution in [2.45, 2.75) is 54.0 Å². The lowest BCUT2D eigenvalue weighted by atomic mass is 10.0. The fourth-order valence-electron chi connectivity index (χ4n) is 1.29. The van der Waals surface area contributed by atoms with Crippen molar-refractivity contribution in [3.8, 4) is 0 Å². The number of allylic oxidation sites excluding steroid dienone is 1. The van der Waals surface area contributed by atoms with Gasteiger partial charge in [-0.05, 0) is 27.2 Å². The van der Waals surface area contributed by atoms with Gasteiger partial charge in [-0.15, -0.1) is 0 Å². The van der Waals surface area contributed by atoms with Crippen LogP contribution in [0.3, 0.4) is 0 Å². The highest BCUT2D eigenvalue weighted by Crippen LogP contribution is 2.08. The standard InChI is InChI=1S/C12H24N2O.C2H6/c1-7-11(8-14(6)10(4)5)12(15)13-9(2)3;1-2/h9,11H,4,7-8H2,1-3,5-6H3,(H,13,15);1-2H3.